The second-order valence-electron chi connectivity index (χ2n) is 5.51. The Labute approximate surface area is 130 Å². The van der Waals surface area contributed by atoms with Gasteiger partial charge in [0.2, 0.25) is 0 Å². The summed E-state index contributed by atoms with van der Waals surface area (Å²) in [7, 11) is 0. The van der Waals surface area contributed by atoms with Crippen LogP contribution in [0.2, 0.25) is 0 Å². The molecule has 2 N–H and O–H groups in total. The van der Waals surface area contributed by atoms with Gasteiger partial charge in [-0.3, -0.25) is 0 Å². The summed E-state index contributed by atoms with van der Waals surface area (Å²) in [6.45, 7) is 1.96. The van der Waals surface area contributed by atoms with Crippen molar-refractivity contribution in [1.29, 1.82) is 0 Å². The van der Waals surface area contributed by atoms with E-state index in [1.54, 1.807) is 6.26 Å². The van der Waals surface area contributed by atoms with Crippen molar-refractivity contribution in [2.24, 2.45) is 0 Å². The van der Waals surface area contributed by atoms with Crippen LogP contribution in [0.1, 0.15) is 37.1 Å². The number of nitrogens with one attached hydrogen (secondary N) is 2. The van der Waals surface area contributed by atoms with Gasteiger partial charge >= 0.3 is 0 Å². The summed E-state index contributed by atoms with van der Waals surface area (Å²) in [5, 5.41) is 7.20. The zero-order valence-corrected chi connectivity index (χ0v) is 12.9. The number of hydrogen-bond donors (Lipinski definition) is 2. The molecule has 0 aromatic carbocycles. The van der Waals surface area contributed by atoms with Crippen molar-refractivity contribution in [1.82, 2.24) is 10.3 Å². The van der Waals surface area contributed by atoms with Gasteiger partial charge in [-0.2, -0.15) is 0 Å². The number of thiocarbonyl (C=S) groups is 1. The fourth-order valence-electron chi connectivity index (χ4n) is 2.94. The molecule has 0 radical (unpaired) electrons. The van der Waals surface area contributed by atoms with Crippen LogP contribution in [0, 0.1) is 6.92 Å². The van der Waals surface area contributed by atoms with Crippen molar-refractivity contribution in [3.05, 3.63) is 48.0 Å². The lowest BCUT2D eigenvalue weighted by atomic mass is 9.94. The van der Waals surface area contributed by atoms with Crippen LogP contribution in [0.5, 0.6) is 0 Å². The first-order chi connectivity index (χ1) is 10.2. The van der Waals surface area contributed by atoms with Gasteiger partial charge in [0.25, 0.3) is 0 Å². The van der Waals surface area contributed by atoms with E-state index in [2.05, 4.69) is 15.6 Å². The van der Waals surface area contributed by atoms with Crippen LogP contribution < -0.4 is 10.6 Å². The Morgan fingerprint density at radius 2 is 2.05 bits per heavy atom. The Kier molecular flexibility index (Phi) is 3.92. The highest BCUT2D eigenvalue weighted by molar-refractivity contribution is 7.80. The van der Waals surface area contributed by atoms with Gasteiger partial charge in [0.1, 0.15) is 11.6 Å². The van der Waals surface area contributed by atoms with Crippen LogP contribution in [0.4, 0.5) is 5.82 Å². The molecular weight excluding hydrogens is 282 g/mol. The predicted octanol–water partition coefficient (Wildman–Crippen LogP) is 3.74. The molecule has 1 fully saturated rings. The van der Waals surface area contributed by atoms with Crippen molar-refractivity contribution >= 4 is 23.1 Å². The average Bonchev–Trinajstić information content (AvgIpc) is 3.09. The Bertz CT molecular complexity index is 618. The molecule has 2 heterocycles. The molecule has 0 unspecified atom stereocenters. The predicted molar refractivity (Wildman–Crippen MR) is 87.2 cm³/mol. The average molecular weight is 301 g/mol. The fraction of sp³-hybridized carbons (Fsp3) is 0.375. The molecule has 110 valence electrons. The molecule has 5 heteroatoms. The maximum Gasteiger partial charge on any atom is 0.172 e. The largest absolute Gasteiger partial charge is 0.467 e. The van der Waals surface area contributed by atoms with Gasteiger partial charge in [0.15, 0.2) is 5.11 Å². The summed E-state index contributed by atoms with van der Waals surface area (Å²) in [6.07, 6.45) is 6.14. The number of pyridine rings is 1. The number of furan rings is 1. The topological polar surface area (TPSA) is 50.1 Å². The van der Waals surface area contributed by atoms with E-state index in [4.69, 9.17) is 16.6 Å². The number of rotatable bonds is 3. The van der Waals surface area contributed by atoms with Gasteiger partial charge < -0.3 is 15.1 Å². The van der Waals surface area contributed by atoms with Crippen molar-refractivity contribution < 1.29 is 4.42 Å². The molecule has 0 atom stereocenters. The minimum absolute atomic E-state index is 0.183. The molecule has 0 spiro atoms. The first-order valence-electron chi connectivity index (χ1n) is 7.25. The van der Waals surface area contributed by atoms with E-state index >= 15 is 0 Å². The lowest BCUT2D eigenvalue weighted by Gasteiger charge is -2.29. The molecule has 2 aromatic heterocycles. The van der Waals surface area contributed by atoms with E-state index in [1.165, 1.54) is 12.8 Å². The normalized spacial score (nSPS) is 16.6. The van der Waals surface area contributed by atoms with Gasteiger partial charge in [-0.25, -0.2) is 4.98 Å². The zero-order chi connectivity index (χ0) is 14.7. The van der Waals surface area contributed by atoms with E-state index in [1.807, 2.05) is 37.3 Å². The quantitative estimate of drug-likeness (QED) is 0.846. The summed E-state index contributed by atoms with van der Waals surface area (Å²) in [6, 6.07) is 9.78. The van der Waals surface area contributed by atoms with Gasteiger partial charge in [0.05, 0.1) is 11.8 Å². The van der Waals surface area contributed by atoms with E-state index in [-0.39, 0.29) is 5.54 Å². The molecule has 0 saturated heterocycles. The minimum Gasteiger partial charge on any atom is -0.467 e. The smallest absolute Gasteiger partial charge is 0.172 e. The summed E-state index contributed by atoms with van der Waals surface area (Å²) in [5.41, 5.74) is 0.779. The Balaban J connectivity index is 1.73. The highest BCUT2D eigenvalue weighted by Crippen LogP contribution is 2.38. The Morgan fingerprint density at radius 3 is 2.71 bits per heavy atom. The van der Waals surface area contributed by atoms with E-state index in [9.17, 15) is 0 Å². The van der Waals surface area contributed by atoms with Crippen LogP contribution in [-0.2, 0) is 5.54 Å². The molecule has 1 saturated carbocycles. The molecule has 0 bridgehead atoms. The maximum absolute atomic E-state index is 5.63. The van der Waals surface area contributed by atoms with E-state index < -0.39 is 0 Å². The van der Waals surface area contributed by atoms with Crippen LogP contribution in [-0.4, -0.2) is 10.1 Å². The van der Waals surface area contributed by atoms with Gasteiger partial charge in [-0.05, 0) is 56.2 Å². The highest BCUT2D eigenvalue weighted by atomic mass is 32.1. The molecule has 2 aromatic rings. The summed E-state index contributed by atoms with van der Waals surface area (Å²) in [5.74, 6) is 1.72. The number of nitrogens with zero attached hydrogens (tertiary/aromatic N) is 1. The van der Waals surface area contributed by atoms with Crippen molar-refractivity contribution in [3.8, 4) is 0 Å². The molecule has 1 aliphatic carbocycles. The van der Waals surface area contributed by atoms with Crippen molar-refractivity contribution in [2.45, 2.75) is 38.1 Å². The number of hydrogen-bond acceptors (Lipinski definition) is 3. The number of anilines is 1. The molecule has 0 aliphatic heterocycles. The van der Waals surface area contributed by atoms with Crippen LogP contribution in [0.25, 0.3) is 0 Å². The standard InChI is InChI=1S/C16H19N3OS/c1-12-6-4-8-14(17-12)18-15(21)19-16(9-2-3-10-16)13-7-5-11-20-13/h4-8,11H,2-3,9-10H2,1H3,(H2,17,18,19,21). The number of aromatic nitrogens is 1. The SMILES string of the molecule is Cc1cccc(NC(=S)NC2(c3ccco3)CCCC2)n1. The third kappa shape index (κ3) is 3.08. The lowest BCUT2D eigenvalue weighted by Crippen LogP contribution is -2.45. The molecule has 21 heavy (non-hydrogen) atoms. The first-order valence-corrected chi connectivity index (χ1v) is 7.66. The molecule has 0 amide bonds. The monoisotopic (exact) mass is 301 g/mol. The molecule has 1 aliphatic rings. The van der Waals surface area contributed by atoms with Crippen LogP contribution >= 0.6 is 12.2 Å². The Hall–Kier alpha value is -1.88. The molecule has 4 nitrogen and oxygen atoms in total. The molecule has 3 rings (SSSR count). The summed E-state index contributed by atoms with van der Waals surface area (Å²) in [4.78, 5) is 4.41. The van der Waals surface area contributed by atoms with Crippen molar-refractivity contribution in [2.75, 3.05) is 5.32 Å². The second kappa shape index (κ2) is 5.85. The molecular formula is C16H19N3OS. The highest BCUT2D eigenvalue weighted by Gasteiger charge is 2.38. The summed E-state index contributed by atoms with van der Waals surface area (Å²) >= 11 is 5.46. The van der Waals surface area contributed by atoms with Crippen LogP contribution in [0.15, 0.2) is 41.0 Å². The maximum atomic E-state index is 5.63. The minimum atomic E-state index is -0.183. The Morgan fingerprint density at radius 1 is 1.24 bits per heavy atom. The van der Waals surface area contributed by atoms with Gasteiger partial charge in [-0.15, -0.1) is 0 Å². The summed E-state index contributed by atoms with van der Waals surface area (Å²) < 4.78 is 5.63. The van der Waals surface area contributed by atoms with E-state index in [0.29, 0.717) is 5.11 Å². The van der Waals surface area contributed by atoms with Gasteiger partial charge in [-0.1, -0.05) is 18.9 Å². The number of aryl methyl sites for hydroxylation is 1. The van der Waals surface area contributed by atoms with E-state index in [0.717, 1.165) is 30.1 Å². The first kappa shape index (κ1) is 14.1. The van der Waals surface area contributed by atoms with Crippen LogP contribution in [0.3, 0.4) is 0 Å². The fourth-order valence-corrected chi connectivity index (χ4v) is 3.24. The lowest BCUT2D eigenvalue weighted by molar-refractivity contribution is 0.317. The van der Waals surface area contributed by atoms with Gasteiger partial charge in [0, 0.05) is 5.69 Å². The third-order valence-corrected chi connectivity index (χ3v) is 4.14. The zero-order valence-electron chi connectivity index (χ0n) is 12.1. The second-order valence-corrected chi connectivity index (χ2v) is 5.92. The third-order valence-electron chi connectivity index (χ3n) is 3.93. The van der Waals surface area contributed by atoms with Crippen molar-refractivity contribution in [3.63, 3.8) is 0 Å².